The second-order valence-corrected chi connectivity index (χ2v) is 6.20. The lowest BCUT2D eigenvalue weighted by Gasteiger charge is -2.07. The molecule has 2 aromatic heterocycles. The summed E-state index contributed by atoms with van der Waals surface area (Å²) in [5.74, 6) is -0.173. The smallest absolute Gasteiger partial charge is 0.265 e. The van der Waals surface area contributed by atoms with Gasteiger partial charge in [-0.05, 0) is 25.5 Å². The van der Waals surface area contributed by atoms with Crippen molar-refractivity contribution in [2.24, 2.45) is 0 Å². The highest BCUT2D eigenvalue weighted by Gasteiger charge is 2.17. The van der Waals surface area contributed by atoms with E-state index in [0.29, 0.717) is 22.1 Å². The Balaban J connectivity index is 1.86. The van der Waals surface area contributed by atoms with Gasteiger partial charge in [0.05, 0.1) is 5.69 Å². The molecule has 0 radical (unpaired) electrons. The Hall–Kier alpha value is -2.15. The van der Waals surface area contributed by atoms with Crippen molar-refractivity contribution in [3.63, 3.8) is 0 Å². The summed E-state index contributed by atoms with van der Waals surface area (Å²) in [7, 11) is 3.39. The van der Waals surface area contributed by atoms with E-state index in [0.717, 1.165) is 13.0 Å². The lowest BCUT2D eigenvalue weighted by Crippen LogP contribution is -2.21. The van der Waals surface area contributed by atoms with Gasteiger partial charge in [-0.25, -0.2) is 4.98 Å². The second kappa shape index (κ2) is 7.22. The van der Waals surface area contributed by atoms with Crippen molar-refractivity contribution in [1.82, 2.24) is 14.5 Å². The van der Waals surface area contributed by atoms with E-state index < -0.39 is 0 Å². The molecule has 2 amide bonds. The summed E-state index contributed by atoms with van der Waals surface area (Å²) >= 11 is 1.22. The lowest BCUT2D eigenvalue weighted by molar-refractivity contribution is -0.116. The van der Waals surface area contributed by atoms with E-state index in [9.17, 15) is 9.59 Å². The first-order chi connectivity index (χ1) is 10.5. The predicted octanol–water partition coefficient (Wildman–Crippen LogP) is 2.37. The summed E-state index contributed by atoms with van der Waals surface area (Å²) in [5, 5.41) is 3.25. The van der Waals surface area contributed by atoms with Crippen LogP contribution in [0.15, 0.2) is 24.5 Å². The number of hydrogen-bond donors (Lipinski definition) is 1. The van der Waals surface area contributed by atoms with E-state index in [1.165, 1.54) is 16.2 Å². The van der Waals surface area contributed by atoms with Gasteiger partial charge in [-0.1, -0.05) is 11.3 Å². The van der Waals surface area contributed by atoms with Gasteiger partial charge in [0.25, 0.3) is 5.91 Å². The predicted molar refractivity (Wildman–Crippen MR) is 87.2 cm³/mol. The number of aryl methyl sites for hydroxylation is 2. The van der Waals surface area contributed by atoms with Gasteiger partial charge in [0.1, 0.15) is 4.88 Å². The van der Waals surface area contributed by atoms with Crippen molar-refractivity contribution >= 4 is 28.3 Å². The zero-order valence-corrected chi connectivity index (χ0v) is 13.8. The van der Waals surface area contributed by atoms with E-state index in [-0.39, 0.29) is 11.8 Å². The molecule has 0 bridgehead atoms. The monoisotopic (exact) mass is 320 g/mol. The molecule has 0 fully saturated rings. The van der Waals surface area contributed by atoms with E-state index in [4.69, 9.17) is 0 Å². The van der Waals surface area contributed by atoms with Gasteiger partial charge in [-0.3, -0.25) is 9.59 Å². The number of rotatable bonds is 6. The average Bonchev–Trinajstić information content (AvgIpc) is 3.07. The summed E-state index contributed by atoms with van der Waals surface area (Å²) in [6.45, 7) is 2.58. The van der Waals surface area contributed by atoms with E-state index in [1.807, 2.05) is 29.1 Å². The fourth-order valence-corrected chi connectivity index (χ4v) is 2.98. The Morgan fingerprint density at radius 2 is 2.00 bits per heavy atom. The van der Waals surface area contributed by atoms with Crippen LogP contribution >= 0.6 is 11.3 Å². The first kappa shape index (κ1) is 16.2. The molecule has 0 atom stereocenters. The van der Waals surface area contributed by atoms with Crippen LogP contribution in [-0.4, -0.2) is 40.4 Å². The van der Waals surface area contributed by atoms with Crippen LogP contribution in [0.25, 0.3) is 0 Å². The molecule has 6 nitrogen and oxygen atoms in total. The van der Waals surface area contributed by atoms with Crippen molar-refractivity contribution in [3.05, 3.63) is 35.1 Å². The molecule has 0 unspecified atom stereocenters. The SMILES string of the molecule is Cc1nc(NC(=O)CCCn2cccc2)sc1C(=O)N(C)C. The number of carbonyl (C=O) groups excluding carboxylic acids is 2. The Morgan fingerprint density at radius 3 is 2.64 bits per heavy atom. The van der Waals surface area contributed by atoms with Crippen molar-refractivity contribution in [2.45, 2.75) is 26.3 Å². The van der Waals surface area contributed by atoms with Crippen LogP contribution in [0.5, 0.6) is 0 Å². The maximum absolute atomic E-state index is 11.9. The van der Waals surface area contributed by atoms with E-state index in [1.54, 1.807) is 21.0 Å². The van der Waals surface area contributed by atoms with Crippen LogP contribution < -0.4 is 5.32 Å². The van der Waals surface area contributed by atoms with E-state index in [2.05, 4.69) is 10.3 Å². The lowest BCUT2D eigenvalue weighted by atomic mass is 10.3. The molecule has 0 aromatic carbocycles. The standard InChI is InChI=1S/C15H20N4O2S/c1-11-13(14(21)18(2)3)22-15(16-11)17-12(20)7-6-10-19-8-4-5-9-19/h4-5,8-9H,6-7,10H2,1-3H3,(H,16,17,20). The minimum absolute atomic E-state index is 0.0789. The Kier molecular flexibility index (Phi) is 5.32. The number of nitrogens with zero attached hydrogens (tertiary/aromatic N) is 3. The molecule has 7 heteroatoms. The highest BCUT2D eigenvalue weighted by molar-refractivity contribution is 7.17. The summed E-state index contributed by atoms with van der Waals surface area (Å²) < 4.78 is 2.04. The fourth-order valence-electron chi connectivity index (χ4n) is 1.97. The van der Waals surface area contributed by atoms with E-state index >= 15 is 0 Å². The molecule has 1 N–H and O–H groups in total. The molecule has 0 saturated carbocycles. The number of carbonyl (C=O) groups is 2. The number of thiazole rings is 1. The first-order valence-electron chi connectivity index (χ1n) is 7.07. The Morgan fingerprint density at radius 1 is 1.32 bits per heavy atom. The second-order valence-electron chi connectivity index (χ2n) is 5.21. The van der Waals surface area contributed by atoms with Gasteiger partial charge in [-0.2, -0.15) is 0 Å². The third-order valence-corrected chi connectivity index (χ3v) is 4.19. The zero-order chi connectivity index (χ0) is 16.1. The van der Waals surface area contributed by atoms with Crippen LogP contribution in [0.4, 0.5) is 5.13 Å². The third kappa shape index (κ3) is 4.17. The number of aromatic nitrogens is 2. The normalized spacial score (nSPS) is 10.5. The van der Waals surface area contributed by atoms with Gasteiger partial charge in [0.2, 0.25) is 5.91 Å². The van der Waals surface area contributed by atoms with Crippen LogP contribution in [0, 0.1) is 6.92 Å². The van der Waals surface area contributed by atoms with Gasteiger partial charge < -0.3 is 14.8 Å². The summed E-state index contributed by atoms with van der Waals surface area (Å²) in [5.41, 5.74) is 0.645. The van der Waals surface area contributed by atoms with Crippen LogP contribution in [0.2, 0.25) is 0 Å². The third-order valence-electron chi connectivity index (χ3n) is 3.13. The molecule has 0 saturated heterocycles. The first-order valence-corrected chi connectivity index (χ1v) is 7.88. The molecule has 2 rings (SSSR count). The largest absolute Gasteiger partial charge is 0.354 e. The average molecular weight is 320 g/mol. The van der Waals surface area contributed by atoms with Crippen LogP contribution in [0.1, 0.15) is 28.2 Å². The molecular formula is C15H20N4O2S. The van der Waals surface area contributed by atoms with Gasteiger partial charge in [0.15, 0.2) is 5.13 Å². The molecule has 0 aliphatic rings. The van der Waals surface area contributed by atoms with Crippen LogP contribution in [0.3, 0.4) is 0 Å². The minimum atomic E-state index is -0.0943. The van der Waals surface area contributed by atoms with Crippen molar-refractivity contribution in [3.8, 4) is 0 Å². The summed E-state index contributed by atoms with van der Waals surface area (Å²) in [4.78, 5) is 30.2. The van der Waals surface area contributed by atoms with Gasteiger partial charge in [-0.15, -0.1) is 0 Å². The Bertz CT molecular complexity index is 647. The summed E-state index contributed by atoms with van der Waals surface area (Å²) in [6, 6.07) is 3.92. The number of amides is 2. The van der Waals surface area contributed by atoms with Crippen molar-refractivity contribution < 1.29 is 9.59 Å². The molecule has 0 spiro atoms. The van der Waals surface area contributed by atoms with Gasteiger partial charge in [0, 0.05) is 39.5 Å². The maximum atomic E-state index is 11.9. The highest BCUT2D eigenvalue weighted by Crippen LogP contribution is 2.23. The highest BCUT2D eigenvalue weighted by atomic mass is 32.1. The molecule has 118 valence electrons. The van der Waals surface area contributed by atoms with Crippen molar-refractivity contribution in [1.29, 1.82) is 0 Å². The molecule has 22 heavy (non-hydrogen) atoms. The number of nitrogens with one attached hydrogen (secondary N) is 1. The zero-order valence-electron chi connectivity index (χ0n) is 13.0. The number of anilines is 1. The van der Waals surface area contributed by atoms with Crippen molar-refractivity contribution in [2.75, 3.05) is 19.4 Å². The fraction of sp³-hybridized carbons (Fsp3) is 0.400. The molecule has 0 aliphatic heterocycles. The molecule has 2 heterocycles. The topological polar surface area (TPSA) is 67.2 Å². The molecule has 0 aliphatic carbocycles. The number of hydrogen-bond acceptors (Lipinski definition) is 4. The van der Waals surface area contributed by atoms with Gasteiger partial charge >= 0.3 is 0 Å². The summed E-state index contributed by atoms with van der Waals surface area (Å²) in [6.07, 6.45) is 5.13. The quantitative estimate of drug-likeness (QED) is 0.888. The minimum Gasteiger partial charge on any atom is -0.354 e. The maximum Gasteiger partial charge on any atom is 0.265 e. The molecule has 2 aromatic rings. The van der Waals surface area contributed by atoms with Crippen LogP contribution in [-0.2, 0) is 11.3 Å². The molecular weight excluding hydrogens is 300 g/mol. The Labute approximate surface area is 133 Å².